The number of rotatable bonds is 5. The Balaban J connectivity index is 3.05. The van der Waals surface area contributed by atoms with Crippen LogP contribution in [0.3, 0.4) is 0 Å². The summed E-state index contributed by atoms with van der Waals surface area (Å²) in [6.07, 6.45) is 2.39. The lowest BCUT2D eigenvalue weighted by molar-refractivity contribution is 0.0587. The van der Waals surface area contributed by atoms with E-state index in [9.17, 15) is 8.42 Å². The van der Waals surface area contributed by atoms with Gasteiger partial charge in [-0.25, -0.2) is 13.6 Å². The van der Waals surface area contributed by atoms with Crippen molar-refractivity contribution in [3.63, 3.8) is 0 Å². The Morgan fingerprint density at radius 1 is 1.41 bits per heavy atom. The molecule has 1 heterocycles. The van der Waals surface area contributed by atoms with E-state index in [1.165, 1.54) is 13.1 Å². The second-order valence-corrected chi connectivity index (χ2v) is 5.67. The molecule has 1 aromatic heterocycles. The molecule has 2 atom stereocenters. The van der Waals surface area contributed by atoms with Crippen LogP contribution in [0.2, 0.25) is 0 Å². The van der Waals surface area contributed by atoms with Gasteiger partial charge in [0.1, 0.15) is 11.4 Å². The van der Waals surface area contributed by atoms with Crippen molar-refractivity contribution in [2.24, 2.45) is 5.14 Å². The maximum atomic E-state index is 11.3. The first-order valence-corrected chi connectivity index (χ1v) is 6.89. The topological polar surface area (TPSA) is 95.2 Å². The molecule has 0 unspecified atom stereocenters. The highest BCUT2D eigenvalue weighted by atomic mass is 32.2. The van der Waals surface area contributed by atoms with Crippen LogP contribution in [0.4, 0.5) is 0 Å². The first-order valence-electron chi connectivity index (χ1n) is 5.28. The van der Waals surface area contributed by atoms with Gasteiger partial charge in [0.2, 0.25) is 10.0 Å². The molecule has 0 radical (unpaired) electrons. The van der Waals surface area contributed by atoms with Gasteiger partial charge in [0, 0.05) is 12.8 Å². The molecule has 0 aliphatic rings. The molecule has 96 valence electrons. The summed E-state index contributed by atoms with van der Waals surface area (Å²) in [6, 6.07) is 0. The van der Waals surface area contributed by atoms with Gasteiger partial charge in [-0.3, -0.25) is 9.97 Å². The summed E-state index contributed by atoms with van der Waals surface area (Å²) < 4.78 is 28.1. The normalized spacial score (nSPS) is 15.5. The number of aryl methyl sites for hydroxylation is 1. The van der Waals surface area contributed by atoms with E-state index in [1.807, 2.05) is 0 Å². The Morgan fingerprint density at radius 3 is 2.47 bits per heavy atom. The molecule has 0 spiro atoms. The van der Waals surface area contributed by atoms with Gasteiger partial charge in [0.15, 0.2) is 0 Å². The van der Waals surface area contributed by atoms with Crippen LogP contribution >= 0.6 is 0 Å². The molecule has 1 aromatic rings. The second kappa shape index (κ2) is 5.52. The highest BCUT2D eigenvalue weighted by molar-refractivity contribution is 7.89. The molecule has 0 aliphatic heterocycles. The standard InChI is InChI=1S/C10H17N3O3S/c1-4-16-10(8(3)17(11,14)15)9-6-12-7(2)5-13-9/h5-6,8,10H,4H2,1-3H3,(H2,11,14,15)/t8-,10+/m1/s1. The van der Waals surface area contributed by atoms with E-state index in [0.29, 0.717) is 12.3 Å². The van der Waals surface area contributed by atoms with E-state index in [-0.39, 0.29) is 0 Å². The lowest BCUT2D eigenvalue weighted by Crippen LogP contribution is -2.33. The third-order valence-corrected chi connectivity index (χ3v) is 3.67. The third kappa shape index (κ3) is 3.72. The third-order valence-electron chi connectivity index (χ3n) is 2.38. The van der Waals surface area contributed by atoms with Crippen molar-refractivity contribution in [3.8, 4) is 0 Å². The van der Waals surface area contributed by atoms with Crippen molar-refractivity contribution in [2.45, 2.75) is 32.1 Å². The highest BCUT2D eigenvalue weighted by Gasteiger charge is 2.29. The molecule has 0 amide bonds. The number of primary sulfonamides is 1. The van der Waals surface area contributed by atoms with E-state index in [4.69, 9.17) is 9.88 Å². The zero-order valence-corrected chi connectivity index (χ0v) is 10.9. The van der Waals surface area contributed by atoms with Gasteiger partial charge in [-0.2, -0.15) is 0 Å². The zero-order valence-electron chi connectivity index (χ0n) is 10.1. The summed E-state index contributed by atoms with van der Waals surface area (Å²) in [5.41, 5.74) is 1.23. The highest BCUT2D eigenvalue weighted by Crippen LogP contribution is 2.22. The fourth-order valence-electron chi connectivity index (χ4n) is 1.36. The first kappa shape index (κ1) is 14.0. The summed E-state index contributed by atoms with van der Waals surface area (Å²) in [5, 5.41) is 4.26. The Morgan fingerprint density at radius 2 is 2.06 bits per heavy atom. The largest absolute Gasteiger partial charge is 0.371 e. The number of ether oxygens (including phenoxy) is 1. The van der Waals surface area contributed by atoms with Crippen LogP contribution in [0.1, 0.15) is 31.3 Å². The van der Waals surface area contributed by atoms with Crippen LogP contribution in [0, 0.1) is 6.92 Å². The molecule has 0 saturated heterocycles. The molecule has 0 aliphatic carbocycles. The summed E-state index contributed by atoms with van der Waals surface area (Å²) in [7, 11) is -3.68. The Kier molecular flexibility index (Phi) is 4.55. The number of aromatic nitrogens is 2. The van der Waals surface area contributed by atoms with Crippen molar-refractivity contribution in [1.29, 1.82) is 0 Å². The summed E-state index contributed by atoms with van der Waals surface area (Å²) >= 11 is 0. The van der Waals surface area contributed by atoms with E-state index in [0.717, 1.165) is 5.69 Å². The van der Waals surface area contributed by atoms with Crippen molar-refractivity contribution in [1.82, 2.24) is 9.97 Å². The van der Waals surface area contributed by atoms with Crippen molar-refractivity contribution in [3.05, 3.63) is 23.8 Å². The molecule has 2 N–H and O–H groups in total. The number of hydrogen-bond donors (Lipinski definition) is 1. The monoisotopic (exact) mass is 259 g/mol. The van der Waals surface area contributed by atoms with E-state index >= 15 is 0 Å². The van der Waals surface area contributed by atoms with Crippen LogP contribution in [0.25, 0.3) is 0 Å². The molecule has 0 bridgehead atoms. The molecule has 6 nitrogen and oxygen atoms in total. The molecular formula is C10H17N3O3S. The van der Waals surface area contributed by atoms with Gasteiger partial charge in [-0.1, -0.05) is 0 Å². The van der Waals surface area contributed by atoms with Gasteiger partial charge in [0.05, 0.1) is 17.6 Å². The molecule has 0 fully saturated rings. The van der Waals surface area contributed by atoms with Crippen LogP contribution in [0.5, 0.6) is 0 Å². The predicted molar refractivity (Wildman–Crippen MR) is 63.7 cm³/mol. The van der Waals surface area contributed by atoms with Crippen molar-refractivity contribution in [2.75, 3.05) is 6.61 Å². The number of sulfonamides is 1. The summed E-state index contributed by atoms with van der Waals surface area (Å²) in [4.78, 5) is 8.19. The number of nitrogens with two attached hydrogens (primary N) is 1. The molecular weight excluding hydrogens is 242 g/mol. The van der Waals surface area contributed by atoms with Crippen LogP contribution < -0.4 is 5.14 Å². The minimum Gasteiger partial charge on any atom is -0.371 e. The lowest BCUT2D eigenvalue weighted by Gasteiger charge is -2.21. The predicted octanol–water partition coefficient (Wildman–Crippen LogP) is 0.540. The van der Waals surface area contributed by atoms with Gasteiger partial charge < -0.3 is 4.74 Å². The average Bonchev–Trinajstić information content (AvgIpc) is 2.25. The fourth-order valence-corrected chi connectivity index (χ4v) is 1.93. The Hall–Kier alpha value is -1.05. The first-order chi connectivity index (χ1) is 7.86. The van der Waals surface area contributed by atoms with Gasteiger partial charge >= 0.3 is 0 Å². The molecule has 1 rings (SSSR count). The minimum atomic E-state index is -3.68. The lowest BCUT2D eigenvalue weighted by atomic mass is 10.2. The number of nitrogens with zero attached hydrogens (tertiary/aromatic N) is 2. The SMILES string of the molecule is CCO[C@H](c1cnc(C)cn1)[C@@H](C)S(N)(=O)=O. The Labute approximate surface area is 101 Å². The molecule has 0 saturated carbocycles. The van der Waals surface area contributed by atoms with Crippen LogP contribution in [-0.2, 0) is 14.8 Å². The van der Waals surface area contributed by atoms with Crippen LogP contribution in [-0.4, -0.2) is 30.2 Å². The average molecular weight is 259 g/mol. The maximum Gasteiger partial charge on any atom is 0.214 e. The number of hydrogen-bond acceptors (Lipinski definition) is 5. The maximum absolute atomic E-state index is 11.3. The van der Waals surface area contributed by atoms with Crippen molar-refractivity contribution < 1.29 is 13.2 Å². The van der Waals surface area contributed by atoms with Gasteiger partial charge in [0.25, 0.3) is 0 Å². The Bertz CT molecular complexity index is 458. The zero-order chi connectivity index (χ0) is 13.1. The van der Waals surface area contributed by atoms with Crippen molar-refractivity contribution >= 4 is 10.0 Å². The molecule has 7 heteroatoms. The quantitative estimate of drug-likeness (QED) is 0.832. The van der Waals surface area contributed by atoms with E-state index in [1.54, 1.807) is 20.0 Å². The van der Waals surface area contributed by atoms with E-state index in [2.05, 4.69) is 9.97 Å². The smallest absolute Gasteiger partial charge is 0.214 e. The van der Waals surface area contributed by atoms with E-state index < -0.39 is 21.4 Å². The molecule has 17 heavy (non-hydrogen) atoms. The molecule has 0 aromatic carbocycles. The van der Waals surface area contributed by atoms with Crippen LogP contribution in [0.15, 0.2) is 12.4 Å². The second-order valence-electron chi connectivity index (χ2n) is 3.75. The van der Waals surface area contributed by atoms with Gasteiger partial charge in [-0.15, -0.1) is 0 Å². The summed E-state index contributed by atoms with van der Waals surface area (Å²) in [5.74, 6) is 0. The van der Waals surface area contributed by atoms with Gasteiger partial charge in [-0.05, 0) is 20.8 Å². The minimum absolute atomic E-state index is 0.375. The summed E-state index contributed by atoms with van der Waals surface area (Å²) in [6.45, 7) is 5.46. The fraction of sp³-hybridized carbons (Fsp3) is 0.600.